The van der Waals surface area contributed by atoms with E-state index in [1.807, 2.05) is 13.0 Å². The summed E-state index contributed by atoms with van der Waals surface area (Å²) in [6, 6.07) is 7.76. The van der Waals surface area contributed by atoms with E-state index in [1.165, 1.54) is 41.1 Å². The molecule has 1 fully saturated rings. The van der Waals surface area contributed by atoms with Gasteiger partial charge in [-0.3, -0.25) is 9.69 Å². The predicted molar refractivity (Wildman–Crippen MR) is 128 cm³/mol. The van der Waals surface area contributed by atoms with Crippen molar-refractivity contribution in [1.82, 2.24) is 9.21 Å². The first-order valence-corrected chi connectivity index (χ1v) is 13.2. The van der Waals surface area contributed by atoms with E-state index in [0.717, 1.165) is 24.4 Å². The first-order valence-electron chi connectivity index (χ1n) is 11.3. The Labute approximate surface area is 200 Å². The molecule has 0 unspecified atom stereocenters. The lowest BCUT2D eigenvalue weighted by Gasteiger charge is -2.29. The summed E-state index contributed by atoms with van der Waals surface area (Å²) in [6.07, 6.45) is 4.04. The van der Waals surface area contributed by atoms with E-state index in [1.54, 1.807) is 0 Å². The standard InChI is InChI=1S/C24H31N3O6S/c1-17(25-31-2)19-4-5-20-12-26(13-21(20)10-19)14-22-11-23(28)24(16-32-22)33-15-18-6-8-27(9-7-18)34(3,29)30/h4-5,10-11,16,18H,6-9,12-15H2,1-3H3/b25-17+. The lowest BCUT2D eigenvalue weighted by Crippen LogP contribution is -2.39. The van der Waals surface area contributed by atoms with Crippen molar-refractivity contribution in [2.45, 2.75) is 39.4 Å². The Bertz CT molecular complexity index is 1220. The van der Waals surface area contributed by atoms with E-state index in [0.29, 0.717) is 44.8 Å². The number of sulfonamides is 1. The number of ether oxygens (including phenoxy) is 1. The Balaban J connectivity index is 1.30. The minimum absolute atomic E-state index is 0.191. The molecule has 3 heterocycles. The predicted octanol–water partition coefficient (Wildman–Crippen LogP) is 2.58. The Morgan fingerprint density at radius 1 is 1.18 bits per heavy atom. The van der Waals surface area contributed by atoms with Crippen molar-refractivity contribution in [2.75, 3.05) is 33.1 Å². The van der Waals surface area contributed by atoms with Crippen LogP contribution in [0.1, 0.15) is 42.2 Å². The summed E-state index contributed by atoms with van der Waals surface area (Å²) in [5.41, 5.74) is 4.12. The minimum Gasteiger partial charge on any atom is -0.486 e. The van der Waals surface area contributed by atoms with Gasteiger partial charge in [-0.1, -0.05) is 17.3 Å². The van der Waals surface area contributed by atoms with Gasteiger partial charge in [0.2, 0.25) is 21.2 Å². The van der Waals surface area contributed by atoms with Crippen LogP contribution in [0.25, 0.3) is 0 Å². The Morgan fingerprint density at radius 2 is 1.91 bits per heavy atom. The molecule has 0 bridgehead atoms. The molecule has 0 amide bonds. The van der Waals surface area contributed by atoms with Crippen molar-refractivity contribution in [1.29, 1.82) is 0 Å². The van der Waals surface area contributed by atoms with Gasteiger partial charge < -0.3 is 14.0 Å². The summed E-state index contributed by atoms with van der Waals surface area (Å²) in [7, 11) is -1.62. The average molecular weight is 490 g/mol. The van der Waals surface area contributed by atoms with Crippen LogP contribution in [0.15, 0.2) is 44.9 Å². The van der Waals surface area contributed by atoms with Crippen LogP contribution in [0, 0.1) is 5.92 Å². The van der Waals surface area contributed by atoms with Gasteiger partial charge in [0.15, 0.2) is 0 Å². The van der Waals surface area contributed by atoms with Gasteiger partial charge in [0.1, 0.15) is 19.1 Å². The van der Waals surface area contributed by atoms with Gasteiger partial charge in [-0.2, -0.15) is 0 Å². The van der Waals surface area contributed by atoms with Crippen LogP contribution < -0.4 is 10.2 Å². The number of oxime groups is 1. The number of hydrogen-bond donors (Lipinski definition) is 0. The second-order valence-corrected chi connectivity index (χ2v) is 11.0. The van der Waals surface area contributed by atoms with E-state index in [-0.39, 0.29) is 17.1 Å². The molecule has 1 aromatic heterocycles. The van der Waals surface area contributed by atoms with Crippen LogP contribution in [0.4, 0.5) is 0 Å². The highest BCUT2D eigenvalue weighted by Crippen LogP contribution is 2.26. The van der Waals surface area contributed by atoms with Crippen LogP contribution >= 0.6 is 0 Å². The number of fused-ring (bicyclic) bond motifs is 1. The summed E-state index contributed by atoms with van der Waals surface area (Å²) in [5, 5.41) is 4.00. The molecule has 2 aliphatic rings. The maximum atomic E-state index is 12.6. The summed E-state index contributed by atoms with van der Waals surface area (Å²) in [5.74, 6) is 0.989. The summed E-state index contributed by atoms with van der Waals surface area (Å²) in [4.78, 5) is 19.6. The lowest BCUT2D eigenvalue weighted by molar-refractivity contribution is 0.180. The molecule has 0 aliphatic carbocycles. The van der Waals surface area contributed by atoms with Gasteiger partial charge in [0, 0.05) is 32.2 Å². The van der Waals surface area contributed by atoms with E-state index < -0.39 is 10.0 Å². The van der Waals surface area contributed by atoms with Gasteiger partial charge in [-0.15, -0.1) is 0 Å². The Hall–Kier alpha value is -2.69. The fourth-order valence-corrected chi connectivity index (χ4v) is 5.33. The first-order chi connectivity index (χ1) is 16.2. The molecule has 2 aliphatic heterocycles. The van der Waals surface area contributed by atoms with Crippen molar-refractivity contribution in [2.24, 2.45) is 11.1 Å². The van der Waals surface area contributed by atoms with Gasteiger partial charge in [0.05, 0.1) is 25.1 Å². The van der Waals surface area contributed by atoms with Crippen molar-refractivity contribution >= 4 is 15.7 Å². The fraction of sp³-hybridized carbons (Fsp3) is 0.500. The highest BCUT2D eigenvalue weighted by Gasteiger charge is 2.26. The van der Waals surface area contributed by atoms with Crippen LogP contribution in [-0.2, 0) is 34.5 Å². The first kappa shape index (κ1) is 24.4. The second-order valence-electron chi connectivity index (χ2n) is 8.98. The summed E-state index contributed by atoms with van der Waals surface area (Å²) < 4.78 is 36.2. The molecule has 1 aromatic carbocycles. The highest BCUT2D eigenvalue weighted by molar-refractivity contribution is 7.88. The van der Waals surface area contributed by atoms with Gasteiger partial charge in [-0.25, -0.2) is 12.7 Å². The molecule has 4 rings (SSSR count). The molecular weight excluding hydrogens is 458 g/mol. The van der Waals surface area contributed by atoms with Crippen LogP contribution in [0.3, 0.4) is 0 Å². The van der Waals surface area contributed by atoms with Gasteiger partial charge >= 0.3 is 0 Å². The number of nitrogens with zero attached hydrogens (tertiary/aromatic N) is 3. The molecule has 34 heavy (non-hydrogen) atoms. The average Bonchev–Trinajstić information content (AvgIpc) is 3.20. The zero-order chi connectivity index (χ0) is 24.3. The zero-order valence-electron chi connectivity index (χ0n) is 19.8. The topological polar surface area (TPSA) is 102 Å². The number of hydrogen-bond acceptors (Lipinski definition) is 8. The van der Waals surface area contributed by atoms with Crippen molar-refractivity contribution in [3.05, 3.63) is 63.2 Å². The SMILES string of the molecule is CO/N=C(\C)c1ccc2c(c1)CN(Cc1cc(=O)c(OCC3CCN(S(C)(=O)=O)CC3)co1)C2. The minimum atomic E-state index is -3.15. The summed E-state index contributed by atoms with van der Waals surface area (Å²) in [6.45, 7) is 5.32. The van der Waals surface area contributed by atoms with Crippen LogP contribution in [0.2, 0.25) is 0 Å². The fourth-order valence-electron chi connectivity index (χ4n) is 4.45. The molecule has 9 nitrogen and oxygen atoms in total. The van der Waals surface area contributed by atoms with Gasteiger partial charge in [0.25, 0.3) is 0 Å². The van der Waals surface area contributed by atoms with Gasteiger partial charge in [-0.05, 0) is 48.4 Å². The third-order valence-corrected chi connectivity index (χ3v) is 7.69. The lowest BCUT2D eigenvalue weighted by atomic mass is 9.99. The Kier molecular flexibility index (Phi) is 7.39. The van der Waals surface area contributed by atoms with Crippen molar-refractivity contribution in [3.8, 4) is 5.75 Å². The van der Waals surface area contributed by atoms with E-state index in [9.17, 15) is 13.2 Å². The normalized spacial score (nSPS) is 18.1. The maximum Gasteiger partial charge on any atom is 0.227 e. The highest BCUT2D eigenvalue weighted by atomic mass is 32.2. The molecular formula is C24H31N3O6S. The van der Waals surface area contributed by atoms with E-state index in [4.69, 9.17) is 14.0 Å². The molecule has 184 valence electrons. The third-order valence-electron chi connectivity index (χ3n) is 6.39. The molecule has 10 heteroatoms. The monoisotopic (exact) mass is 489 g/mol. The van der Waals surface area contributed by atoms with Crippen LogP contribution in [0.5, 0.6) is 5.75 Å². The smallest absolute Gasteiger partial charge is 0.227 e. The van der Waals surface area contributed by atoms with Crippen molar-refractivity contribution < 1.29 is 22.4 Å². The Morgan fingerprint density at radius 3 is 2.59 bits per heavy atom. The second kappa shape index (κ2) is 10.3. The largest absolute Gasteiger partial charge is 0.486 e. The molecule has 0 atom stereocenters. The number of piperidine rings is 1. The molecule has 0 saturated carbocycles. The van der Waals surface area contributed by atoms with Crippen molar-refractivity contribution in [3.63, 3.8) is 0 Å². The molecule has 0 N–H and O–H groups in total. The number of benzene rings is 1. The van der Waals surface area contributed by atoms with E-state index >= 15 is 0 Å². The zero-order valence-corrected chi connectivity index (χ0v) is 20.6. The maximum absolute atomic E-state index is 12.6. The molecule has 0 radical (unpaired) electrons. The molecule has 1 saturated heterocycles. The van der Waals surface area contributed by atoms with Crippen LogP contribution in [-0.4, -0.2) is 56.4 Å². The molecule has 2 aromatic rings. The number of rotatable bonds is 8. The van der Waals surface area contributed by atoms with E-state index in [2.05, 4.69) is 22.2 Å². The summed E-state index contributed by atoms with van der Waals surface area (Å²) >= 11 is 0. The third kappa shape index (κ3) is 5.86. The molecule has 0 spiro atoms. The quantitative estimate of drug-likeness (QED) is 0.415.